The third-order valence-corrected chi connectivity index (χ3v) is 4.45. The first-order valence-corrected chi connectivity index (χ1v) is 8.34. The minimum absolute atomic E-state index is 0.0982. The number of hydrogen-bond acceptors (Lipinski definition) is 5. The highest BCUT2D eigenvalue weighted by molar-refractivity contribution is 7.99. The lowest BCUT2D eigenvalue weighted by Gasteiger charge is -2.09. The molecule has 0 spiro atoms. The van der Waals surface area contributed by atoms with E-state index in [-0.39, 0.29) is 5.25 Å². The fourth-order valence-corrected chi connectivity index (χ4v) is 3.29. The number of para-hydroxylation sites is 1. The number of fused-ring (bicyclic) bond motifs is 1. The van der Waals surface area contributed by atoms with E-state index in [1.165, 1.54) is 0 Å². The molecule has 3 rings (SSSR count). The summed E-state index contributed by atoms with van der Waals surface area (Å²) in [6, 6.07) is 10.2. The summed E-state index contributed by atoms with van der Waals surface area (Å²) in [6.07, 6.45) is 2.64. The molecule has 0 aliphatic heterocycles. The minimum Gasteiger partial charge on any atom is -0.424 e. The SMILES string of the molecule is CC(C)Cc1nnc(C(C)Sc2cccc3cccnc23)o1. The van der Waals surface area contributed by atoms with Gasteiger partial charge in [0.25, 0.3) is 0 Å². The average molecular weight is 313 g/mol. The Hall–Kier alpha value is -1.88. The highest BCUT2D eigenvalue weighted by Gasteiger charge is 2.17. The van der Waals surface area contributed by atoms with E-state index in [9.17, 15) is 0 Å². The highest BCUT2D eigenvalue weighted by Crippen LogP contribution is 2.37. The minimum atomic E-state index is 0.0982. The van der Waals surface area contributed by atoms with Crippen LogP contribution in [-0.4, -0.2) is 15.2 Å². The summed E-state index contributed by atoms with van der Waals surface area (Å²) in [7, 11) is 0. The van der Waals surface area contributed by atoms with Crippen LogP contribution in [0, 0.1) is 5.92 Å². The van der Waals surface area contributed by atoms with Crippen LogP contribution >= 0.6 is 11.8 Å². The molecule has 0 saturated carbocycles. The van der Waals surface area contributed by atoms with Crippen LogP contribution in [0.15, 0.2) is 45.8 Å². The predicted octanol–water partition coefficient (Wildman–Crippen LogP) is 4.67. The fraction of sp³-hybridized carbons (Fsp3) is 0.353. The quantitative estimate of drug-likeness (QED) is 0.641. The summed E-state index contributed by atoms with van der Waals surface area (Å²) >= 11 is 1.70. The molecule has 0 radical (unpaired) electrons. The summed E-state index contributed by atoms with van der Waals surface area (Å²) in [6.45, 7) is 6.37. The Labute approximate surface area is 134 Å². The van der Waals surface area contributed by atoms with Crippen molar-refractivity contribution < 1.29 is 4.42 Å². The Balaban J connectivity index is 1.81. The first-order chi connectivity index (χ1) is 10.6. The van der Waals surface area contributed by atoms with Gasteiger partial charge in [0.2, 0.25) is 11.8 Å². The molecule has 114 valence electrons. The maximum Gasteiger partial charge on any atom is 0.229 e. The Morgan fingerprint density at radius 2 is 1.91 bits per heavy atom. The fourth-order valence-electron chi connectivity index (χ4n) is 2.27. The second kappa shape index (κ2) is 6.48. The summed E-state index contributed by atoms with van der Waals surface area (Å²) in [5.41, 5.74) is 1.02. The van der Waals surface area contributed by atoms with Crippen molar-refractivity contribution in [2.45, 2.75) is 37.3 Å². The molecule has 1 unspecified atom stereocenters. The van der Waals surface area contributed by atoms with Crippen molar-refractivity contribution in [3.05, 3.63) is 48.3 Å². The standard InChI is InChI=1S/C17H19N3OS/c1-11(2)10-15-19-20-17(21-15)12(3)22-14-8-4-6-13-7-5-9-18-16(13)14/h4-9,11-12H,10H2,1-3H3. The van der Waals surface area contributed by atoms with Gasteiger partial charge in [-0.25, -0.2) is 0 Å². The van der Waals surface area contributed by atoms with Gasteiger partial charge in [0.1, 0.15) is 0 Å². The Morgan fingerprint density at radius 1 is 1.09 bits per heavy atom. The van der Waals surface area contributed by atoms with E-state index in [0.717, 1.165) is 22.2 Å². The molecule has 0 aliphatic carbocycles. The van der Waals surface area contributed by atoms with E-state index in [0.29, 0.717) is 17.7 Å². The largest absolute Gasteiger partial charge is 0.424 e. The van der Waals surface area contributed by atoms with Gasteiger partial charge in [-0.2, -0.15) is 0 Å². The van der Waals surface area contributed by atoms with Crippen LogP contribution < -0.4 is 0 Å². The molecule has 0 aliphatic rings. The van der Waals surface area contributed by atoms with E-state index in [2.05, 4.69) is 60.2 Å². The molecule has 0 N–H and O–H groups in total. The predicted molar refractivity (Wildman–Crippen MR) is 88.9 cm³/mol. The van der Waals surface area contributed by atoms with E-state index < -0.39 is 0 Å². The van der Waals surface area contributed by atoms with Crippen molar-refractivity contribution in [1.82, 2.24) is 15.2 Å². The summed E-state index contributed by atoms with van der Waals surface area (Å²) < 4.78 is 5.78. The maximum atomic E-state index is 5.78. The molecule has 5 heteroatoms. The number of rotatable bonds is 5. The van der Waals surface area contributed by atoms with Gasteiger partial charge < -0.3 is 4.42 Å². The van der Waals surface area contributed by atoms with E-state index in [1.54, 1.807) is 11.8 Å². The molecule has 22 heavy (non-hydrogen) atoms. The molecule has 2 heterocycles. The van der Waals surface area contributed by atoms with Gasteiger partial charge in [-0.05, 0) is 25.0 Å². The van der Waals surface area contributed by atoms with Crippen molar-refractivity contribution in [2.24, 2.45) is 5.92 Å². The zero-order chi connectivity index (χ0) is 15.5. The smallest absolute Gasteiger partial charge is 0.229 e. The zero-order valence-corrected chi connectivity index (χ0v) is 13.8. The monoisotopic (exact) mass is 313 g/mol. The Morgan fingerprint density at radius 3 is 2.73 bits per heavy atom. The number of benzene rings is 1. The third kappa shape index (κ3) is 3.30. The second-order valence-corrected chi connectivity index (χ2v) is 7.11. The molecule has 0 saturated heterocycles. The van der Waals surface area contributed by atoms with Gasteiger partial charge >= 0.3 is 0 Å². The molecule has 0 bridgehead atoms. The van der Waals surface area contributed by atoms with E-state index in [4.69, 9.17) is 4.42 Å². The first-order valence-electron chi connectivity index (χ1n) is 7.46. The van der Waals surface area contributed by atoms with Crippen LogP contribution in [-0.2, 0) is 6.42 Å². The van der Waals surface area contributed by atoms with Crippen LogP contribution in [0.25, 0.3) is 10.9 Å². The molecule has 1 atom stereocenters. The van der Waals surface area contributed by atoms with Crippen LogP contribution in [0.1, 0.15) is 37.8 Å². The normalized spacial score (nSPS) is 12.9. The molecular weight excluding hydrogens is 294 g/mol. The van der Waals surface area contributed by atoms with Gasteiger partial charge in [-0.15, -0.1) is 22.0 Å². The van der Waals surface area contributed by atoms with Crippen molar-refractivity contribution in [3.63, 3.8) is 0 Å². The molecule has 4 nitrogen and oxygen atoms in total. The first kappa shape index (κ1) is 15.0. The molecular formula is C17H19N3OS. The average Bonchev–Trinajstić information content (AvgIpc) is 2.95. The van der Waals surface area contributed by atoms with Crippen molar-refractivity contribution in [3.8, 4) is 0 Å². The third-order valence-electron chi connectivity index (χ3n) is 3.31. The van der Waals surface area contributed by atoms with Gasteiger partial charge in [0, 0.05) is 22.9 Å². The van der Waals surface area contributed by atoms with Crippen LogP contribution in [0.3, 0.4) is 0 Å². The topological polar surface area (TPSA) is 51.8 Å². The lowest BCUT2D eigenvalue weighted by atomic mass is 10.1. The van der Waals surface area contributed by atoms with Gasteiger partial charge in [-0.3, -0.25) is 4.98 Å². The Bertz CT molecular complexity index is 764. The molecule has 0 amide bonds. The van der Waals surface area contributed by atoms with E-state index >= 15 is 0 Å². The molecule has 0 fully saturated rings. The molecule has 2 aromatic heterocycles. The zero-order valence-electron chi connectivity index (χ0n) is 13.0. The second-order valence-electron chi connectivity index (χ2n) is 5.72. The lowest BCUT2D eigenvalue weighted by molar-refractivity contribution is 0.426. The summed E-state index contributed by atoms with van der Waals surface area (Å²) in [4.78, 5) is 5.62. The molecule has 3 aromatic rings. The van der Waals surface area contributed by atoms with Crippen molar-refractivity contribution in [1.29, 1.82) is 0 Å². The summed E-state index contributed by atoms with van der Waals surface area (Å²) in [5, 5.41) is 9.57. The van der Waals surface area contributed by atoms with Gasteiger partial charge in [0.05, 0.1) is 10.8 Å². The number of thioether (sulfide) groups is 1. The van der Waals surface area contributed by atoms with Crippen LogP contribution in [0.2, 0.25) is 0 Å². The number of hydrogen-bond donors (Lipinski definition) is 0. The van der Waals surface area contributed by atoms with Crippen LogP contribution in [0.4, 0.5) is 0 Å². The van der Waals surface area contributed by atoms with Gasteiger partial charge in [0.15, 0.2) is 0 Å². The highest BCUT2D eigenvalue weighted by atomic mass is 32.2. The van der Waals surface area contributed by atoms with E-state index in [1.807, 2.05) is 12.3 Å². The summed E-state index contributed by atoms with van der Waals surface area (Å²) in [5.74, 6) is 1.90. The van der Waals surface area contributed by atoms with Gasteiger partial charge in [-0.1, -0.05) is 32.0 Å². The molecule has 1 aromatic carbocycles. The Kier molecular flexibility index (Phi) is 4.43. The number of aromatic nitrogens is 3. The number of nitrogens with zero attached hydrogens (tertiary/aromatic N) is 3. The number of pyridine rings is 1. The van der Waals surface area contributed by atoms with Crippen molar-refractivity contribution >= 4 is 22.7 Å². The van der Waals surface area contributed by atoms with Crippen LogP contribution in [0.5, 0.6) is 0 Å². The lowest BCUT2D eigenvalue weighted by Crippen LogP contribution is -1.93. The maximum absolute atomic E-state index is 5.78. The van der Waals surface area contributed by atoms with Crippen molar-refractivity contribution in [2.75, 3.05) is 0 Å².